The van der Waals surface area contributed by atoms with E-state index in [1.54, 1.807) is 0 Å². The number of anilines is 1. The number of rotatable bonds is 8. The van der Waals surface area contributed by atoms with Gasteiger partial charge in [-0.3, -0.25) is 0 Å². The molecule has 0 amide bonds. The van der Waals surface area contributed by atoms with Crippen molar-refractivity contribution >= 4 is 11.4 Å². The summed E-state index contributed by atoms with van der Waals surface area (Å²) in [5.74, 6) is 2.35. The molecule has 0 bridgehead atoms. The molecular formula is C35H45N5. The van der Waals surface area contributed by atoms with Crippen LogP contribution in [0.3, 0.4) is 0 Å². The largest absolute Gasteiger partial charge is 0.402 e. The van der Waals surface area contributed by atoms with Gasteiger partial charge in [0.25, 0.3) is 0 Å². The number of allylic oxidation sites excluding steroid dienone is 7. The van der Waals surface area contributed by atoms with Crippen LogP contribution in [0, 0.1) is 11.3 Å². The van der Waals surface area contributed by atoms with Crippen molar-refractivity contribution in [2.24, 2.45) is 17.1 Å². The molecule has 2 heterocycles. The first kappa shape index (κ1) is 28.1. The fraction of sp³-hybridized carbons (Fsp3) is 0.457. The summed E-state index contributed by atoms with van der Waals surface area (Å²) >= 11 is 0. The molecule has 1 aromatic heterocycles. The van der Waals surface area contributed by atoms with Gasteiger partial charge < -0.3 is 15.5 Å². The van der Waals surface area contributed by atoms with Gasteiger partial charge in [-0.05, 0) is 73.9 Å². The molecule has 2 aliphatic carbocycles. The highest BCUT2D eigenvalue weighted by molar-refractivity contribution is 5.80. The maximum absolute atomic E-state index is 6.50. The molecule has 2 atom stereocenters. The molecule has 5 nitrogen and oxygen atoms in total. The molecule has 2 N–H and O–H groups in total. The normalized spacial score (nSPS) is 25.5. The minimum Gasteiger partial charge on any atom is -0.402 e. The van der Waals surface area contributed by atoms with Crippen molar-refractivity contribution in [3.05, 3.63) is 89.1 Å². The third-order valence-corrected chi connectivity index (χ3v) is 9.04. The highest BCUT2D eigenvalue weighted by Crippen LogP contribution is 2.65. The van der Waals surface area contributed by atoms with Gasteiger partial charge in [0.1, 0.15) is 5.82 Å². The molecule has 0 radical (unpaired) electrons. The third-order valence-electron chi connectivity index (χ3n) is 9.04. The van der Waals surface area contributed by atoms with Gasteiger partial charge in [-0.1, -0.05) is 64.1 Å². The molecule has 40 heavy (non-hydrogen) atoms. The predicted molar refractivity (Wildman–Crippen MR) is 168 cm³/mol. The SMILES string of the molecule is C/C(N)=C(\C1=CC=C=CC1)c1nc(-c2cccc(C3(C)CC3(C)/C=C\CC(C)C)c2)cc(N2CCN(C)CC2)n1. The zero-order valence-electron chi connectivity index (χ0n) is 25.2. The Balaban J connectivity index is 1.55. The maximum Gasteiger partial charge on any atom is 0.164 e. The second-order valence-electron chi connectivity index (χ2n) is 12.8. The van der Waals surface area contributed by atoms with Crippen molar-refractivity contribution < 1.29 is 0 Å². The molecule has 2 aromatic rings. The van der Waals surface area contributed by atoms with Crippen LogP contribution in [0.25, 0.3) is 16.8 Å². The van der Waals surface area contributed by atoms with Gasteiger partial charge in [0.15, 0.2) is 5.82 Å². The first-order valence-electron chi connectivity index (χ1n) is 14.8. The van der Waals surface area contributed by atoms with Crippen molar-refractivity contribution in [3.63, 3.8) is 0 Å². The molecule has 1 aromatic carbocycles. The number of nitrogens with two attached hydrogens (primary N) is 1. The Morgan fingerprint density at radius 2 is 1.90 bits per heavy atom. The standard InChI is InChI=1S/C35H45N5/c1-25(2)12-11-17-34(4)24-35(34,5)29-16-10-15-28(22-29)30-23-31(40-20-18-39(6)19-21-40)38-33(37-30)32(26(3)36)27-13-8-7-9-14-27/h8-11,13,15-17,22-23,25H,12,14,18-21,24,36H2,1-6H3/b17-11-,32-26-. The number of likely N-dealkylation sites (N-methyl/N-ethyl adjacent to an activating group) is 1. The minimum atomic E-state index is 0.122. The Labute approximate surface area is 240 Å². The molecule has 1 saturated carbocycles. The van der Waals surface area contributed by atoms with E-state index in [9.17, 15) is 0 Å². The van der Waals surface area contributed by atoms with Gasteiger partial charge in [0.05, 0.1) is 5.69 Å². The lowest BCUT2D eigenvalue weighted by molar-refractivity contribution is 0.312. The Kier molecular flexibility index (Phi) is 7.90. The Bertz CT molecular complexity index is 1410. The molecule has 5 rings (SSSR count). The summed E-state index contributed by atoms with van der Waals surface area (Å²) in [6, 6.07) is 11.2. The number of benzene rings is 1. The van der Waals surface area contributed by atoms with Crippen LogP contribution in [0.15, 0.2) is 77.7 Å². The molecule has 5 heteroatoms. The van der Waals surface area contributed by atoms with Crippen molar-refractivity contribution in [3.8, 4) is 11.3 Å². The second-order valence-corrected chi connectivity index (χ2v) is 12.8. The van der Waals surface area contributed by atoms with Gasteiger partial charge in [-0.25, -0.2) is 9.97 Å². The third kappa shape index (κ3) is 5.73. The van der Waals surface area contributed by atoms with E-state index >= 15 is 0 Å². The minimum absolute atomic E-state index is 0.122. The van der Waals surface area contributed by atoms with Crippen LogP contribution in [0.1, 0.15) is 65.3 Å². The zero-order valence-corrected chi connectivity index (χ0v) is 25.2. The van der Waals surface area contributed by atoms with Crippen molar-refractivity contribution in [1.29, 1.82) is 0 Å². The summed E-state index contributed by atoms with van der Waals surface area (Å²) in [6.45, 7) is 15.2. The van der Waals surface area contributed by atoms with Crippen LogP contribution >= 0.6 is 0 Å². The Morgan fingerprint density at radius 1 is 1.12 bits per heavy atom. The molecular weight excluding hydrogens is 490 g/mol. The van der Waals surface area contributed by atoms with E-state index in [-0.39, 0.29) is 10.8 Å². The smallest absolute Gasteiger partial charge is 0.164 e. The molecule has 1 saturated heterocycles. The maximum atomic E-state index is 6.50. The predicted octanol–water partition coefficient (Wildman–Crippen LogP) is 6.90. The van der Waals surface area contributed by atoms with E-state index in [4.69, 9.17) is 15.7 Å². The molecule has 2 unspecified atom stereocenters. The second kappa shape index (κ2) is 11.2. The lowest BCUT2D eigenvalue weighted by atomic mass is 9.87. The topological polar surface area (TPSA) is 58.3 Å². The van der Waals surface area contributed by atoms with E-state index in [1.165, 1.54) is 5.56 Å². The number of nitrogens with zero attached hydrogens (tertiary/aromatic N) is 4. The van der Waals surface area contributed by atoms with E-state index in [2.05, 4.69) is 98.8 Å². The van der Waals surface area contributed by atoms with Gasteiger partial charge in [-0.2, -0.15) is 0 Å². The average molecular weight is 536 g/mol. The molecule has 0 spiro atoms. The van der Waals surface area contributed by atoms with E-state index in [0.717, 1.165) is 79.4 Å². The van der Waals surface area contributed by atoms with Crippen molar-refractivity contribution in [2.45, 2.75) is 59.3 Å². The average Bonchev–Trinajstić information content (AvgIpc) is 3.50. The number of aromatic nitrogens is 2. The van der Waals surface area contributed by atoms with E-state index in [1.807, 2.05) is 19.1 Å². The Morgan fingerprint density at radius 3 is 2.58 bits per heavy atom. The summed E-state index contributed by atoms with van der Waals surface area (Å²) in [4.78, 5) is 15.0. The number of piperazine rings is 1. The lowest BCUT2D eigenvalue weighted by Crippen LogP contribution is -2.44. The van der Waals surface area contributed by atoms with Gasteiger partial charge in [0.2, 0.25) is 0 Å². The fourth-order valence-electron chi connectivity index (χ4n) is 6.09. The van der Waals surface area contributed by atoms with Crippen LogP contribution in [0.5, 0.6) is 0 Å². The highest BCUT2D eigenvalue weighted by Gasteiger charge is 2.59. The fourth-order valence-corrected chi connectivity index (χ4v) is 6.09. The van der Waals surface area contributed by atoms with Crippen LogP contribution in [-0.4, -0.2) is 48.1 Å². The first-order chi connectivity index (χ1) is 19.1. The Hall–Kier alpha value is -3.40. The highest BCUT2D eigenvalue weighted by atomic mass is 15.3. The molecule has 210 valence electrons. The monoisotopic (exact) mass is 535 g/mol. The summed E-state index contributed by atoms with van der Waals surface area (Å²) in [5, 5.41) is 0. The number of hydrogen-bond acceptors (Lipinski definition) is 5. The molecule has 3 aliphatic rings. The van der Waals surface area contributed by atoms with Crippen LogP contribution in [-0.2, 0) is 5.41 Å². The first-order valence-corrected chi connectivity index (χ1v) is 14.8. The van der Waals surface area contributed by atoms with Crippen LogP contribution < -0.4 is 10.6 Å². The molecule has 2 fully saturated rings. The van der Waals surface area contributed by atoms with Gasteiger partial charge in [-0.15, -0.1) is 5.73 Å². The quantitative estimate of drug-likeness (QED) is 0.294. The van der Waals surface area contributed by atoms with Crippen molar-refractivity contribution in [1.82, 2.24) is 14.9 Å². The van der Waals surface area contributed by atoms with Crippen molar-refractivity contribution in [2.75, 3.05) is 38.1 Å². The van der Waals surface area contributed by atoms with E-state index < -0.39 is 0 Å². The van der Waals surface area contributed by atoms with Gasteiger partial charge >= 0.3 is 0 Å². The zero-order chi connectivity index (χ0) is 28.5. The molecule has 1 aliphatic heterocycles. The summed E-state index contributed by atoms with van der Waals surface area (Å²) in [6.07, 6.45) is 14.0. The summed E-state index contributed by atoms with van der Waals surface area (Å²) in [5.41, 5.74) is 16.2. The lowest BCUT2D eigenvalue weighted by Gasteiger charge is -2.33. The van der Waals surface area contributed by atoms with E-state index in [0.29, 0.717) is 11.7 Å². The van der Waals surface area contributed by atoms with Crippen LogP contribution in [0.4, 0.5) is 5.82 Å². The van der Waals surface area contributed by atoms with Gasteiger partial charge in [0, 0.05) is 54.5 Å². The summed E-state index contributed by atoms with van der Waals surface area (Å²) < 4.78 is 0. The summed E-state index contributed by atoms with van der Waals surface area (Å²) in [7, 11) is 2.18. The van der Waals surface area contributed by atoms with Crippen LogP contribution in [0.2, 0.25) is 0 Å². The number of hydrogen-bond donors (Lipinski definition) is 1.